The second-order valence-electron chi connectivity index (χ2n) is 9.32. The zero-order valence-corrected chi connectivity index (χ0v) is 20.7. The number of halogens is 3. The Morgan fingerprint density at radius 1 is 1.14 bits per heavy atom. The minimum Gasteiger partial charge on any atom is -0.339 e. The minimum atomic E-state index is -4.36. The minimum absolute atomic E-state index is 0.0162. The van der Waals surface area contributed by atoms with Gasteiger partial charge in [0.15, 0.2) is 5.03 Å². The number of hydrogen-bond acceptors (Lipinski definition) is 3. The van der Waals surface area contributed by atoms with Crippen molar-refractivity contribution in [2.24, 2.45) is 13.0 Å². The number of hydrogen-bond donors (Lipinski definition) is 1. The maximum Gasteiger partial charge on any atom is 0.416 e. The molecule has 2 atom stereocenters. The van der Waals surface area contributed by atoms with Gasteiger partial charge < -0.3 is 4.57 Å². The van der Waals surface area contributed by atoms with Gasteiger partial charge in [-0.25, -0.2) is 18.1 Å². The molecule has 0 bridgehead atoms. The largest absolute Gasteiger partial charge is 0.416 e. The quantitative estimate of drug-likeness (QED) is 0.432. The Hall–Kier alpha value is -2.65. The molecule has 0 radical (unpaired) electrons. The van der Waals surface area contributed by atoms with E-state index in [-0.39, 0.29) is 17.5 Å². The summed E-state index contributed by atoms with van der Waals surface area (Å²) in [4.78, 5) is 3.90. The van der Waals surface area contributed by atoms with Crippen LogP contribution in [-0.2, 0) is 42.5 Å². The average molecular weight is 506 g/mol. The highest BCUT2D eigenvalue weighted by Gasteiger charge is 2.34. The molecular formula is C26H30F3N3O2S. The third-order valence-corrected chi connectivity index (χ3v) is 8.04. The average Bonchev–Trinajstić information content (AvgIpc) is 3.38. The first-order chi connectivity index (χ1) is 16.6. The van der Waals surface area contributed by atoms with Crippen LogP contribution in [0.5, 0.6) is 0 Å². The van der Waals surface area contributed by atoms with E-state index < -0.39 is 21.8 Å². The monoisotopic (exact) mass is 505 g/mol. The van der Waals surface area contributed by atoms with Crippen molar-refractivity contribution < 1.29 is 21.6 Å². The number of aryl methyl sites for hydroxylation is 1. The molecule has 0 amide bonds. The molecule has 2 aromatic carbocycles. The van der Waals surface area contributed by atoms with E-state index in [1.165, 1.54) is 35.8 Å². The zero-order valence-electron chi connectivity index (χ0n) is 19.8. The van der Waals surface area contributed by atoms with Crippen LogP contribution in [0.15, 0.2) is 60.0 Å². The second kappa shape index (κ2) is 10.1. The van der Waals surface area contributed by atoms with Gasteiger partial charge in [-0.2, -0.15) is 13.2 Å². The van der Waals surface area contributed by atoms with Crippen molar-refractivity contribution in [2.75, 3.05) is 6.54 Å². The van der Waals surface area contributed by atoms with Crippen molar-refractivity contribution >= 4 is 10.0 Å². The van der Waals surface area contributed by atoms with E-state index in [0.717, 1.165) is 30.9 Å². The SMILES string of the molecule is CCCC1Cc2ccc(CCNS(=O)(=O)c3cn(C)cn3)cc2C1Cc1cccc(C(F)(F)F)c1. The highest BCUT2D eigenvalue weighted by molar-refractivity contribution is 7.89. The highest BCUT2D eigenvalue weighted by atomic mass is 32.2. The maximum atomic E-state index is 13.2. The molecule has 0 spiro atoms. The first-order valence-corrected chi connectivity index (χ1v) is 13.3. The third kappa shape index (κ3) is 5.95. The lowest BCUT2D eigenvalue weighted by atomic mass is 9.83. The summed E-state index contributed by atoms with van der Waals surface area (Å²) in [6.45, 7) is 2.36. The number of sulfonamides is 1. The molecule has 0 aliphatic heterocycles. The number of rotatable bonds is 9. The summed E-state index contributed by atoms with van der Waals surface area (Å²) in [7, 11) is -1.97. The predicted molar refractivity (Wildman–Crippen MR) is 129 cm³/mol. The van der Waals surface area contributed by atoms with Crippen LogP contribution in [0, 0.1) is 5.92 Å². The Bertz CT molecular complexity index is 1280. The lowest BCUT2D eigenvalue weighted by molar-refractivity contribution is -0.137. The van der Waals surface area contributed by atoms with E-state index in [9.17, 15) is 21.6 Å². The molecule has 1 heterocycles. The Morgan fingerprint density at radius 2 is 1.94 bits per heavy atom. The molecule has 9 heteroatoms. The number of nitrogens with one attached hydrogen (secondary N) is 1. The Balaban J connectivity index is 1.50. The summed E-state index contributed by atoms with van der Waals surface area (Å²) in [5.41, 5.74) is 3.48. The zero-order chi connectivity index (χ0) is 25.2. The van der Waals surface area contributed by atoms with Crippen molar-refractivity contribution in [2.45, 2.75) is 56.1 Å². The molecule has 1 aromatic heterocycles. The van der Waals surface area contributed by atoms with Gasteiger partial charge in [0, 0.05) is 19.8 Å². The van der Waals surface area contributed by atoms with Gasteiger partial charge >= 0.3 is 6.18 Å². The van der Waals surface area contributed by atoms with E-state index in [1.54, 1.807) is 17.7 Å². The van der Waals surface area contributed by atoms with Gasteiger partial charge in [0.1, 0.15) is 0 Å². The summed E-state index contributed by atoms with van der Waals surface area (Å²) in [5, 5.41) is -0.0162. The molecule has 35 heavy (non-hydrogen) atoms. The Labute approximate surface area is 204 Å². The molecule has 188 valence electrons. The van der Waals surface area contributed by atoms with Gasteiger partial charge in [0.25, 0.3) is 10.0 Å². The molecule has 1 N–H and O–H groups in total. The molecule has 2 unspecified atom stereocenters. The number of benzene rings is 2. The molecule has 1 aliphatic rings. The van der Waals surface area contributed by atoms with Gasteiger partial charge in [-0.15, -0.1) is 0 Å². The molecule has 4 rings (SSSR count). The van der Waals surface area contributed by atoms with Gasteiger partial charge in [-0.3, -0.25) is 0 Å². The number of imidazole rings is 1. The Morgan fingerprint density at radius 3 is 2.63 bits per heavy atom. The number of aromatic nitrogens is 2. The molecule has 5 nitrogen and oxygen atoms in total. The summed E-state index contributed by atoms with van der Waals surface area (Å²) in [6, 6.07) is 11.8. The van der Waals surface area contributed by atoms with Gasteiger partial charge in [-0.05, 0) is 65.8 Å². The van der Waals surface area contributed by atoms with Crippen LogP contribution in [0.3, 0.4) is 0 Å². The van der Waals surface area contributed by atoms with Crippen LogP contribution in [0.1, 0.15) is 53.5 Å². The molecule has 1 aliphatic carbocycles. The third-order valence-electron chi connectivity index (χ3n) is 6.69. The highest BCUT2D eigenvalue weighted by Crippen LogP contribution is 2.43. The van der Waals surface area contributed by atoms with Crippen LogP contribution in [0.25, 0.3) is 0 Å². The van der Waals surface area contributed by atoms with Gasteiger partial charge in [-0.1, -0.05) is 49.7 Å². The summed E-state index contributed by atoms with van der Waals surface area (Å²) in [6.07, 6.45) is 2.53. The van der Waals surface area contributed by atoms with E-state index in [2.05, 4.69) is 28.8 Å². The maximum absolute atomic E-state index is 13.2. The van der Waals surface area contributed by atoms with Crippen molar-refractivity contribution in [3.05, 3.63) is 82.8 Å². The first-order valence-electron chi connectivity index (χ1n) is 11.8. The smallest absolute Gasteiger partial charge is 0.339 e. The summed E-state index contributed by atoms with van der Waals surface area (Å²) in [5.74, 6) is 0.515. The van der Waals surface area contributed by atoms with Crippen LogP contribution >= 0.6 is 0 Å². The molecule has 0 saturated heterocycles. The fourth-order valence-corrected chi connectivity index (χ4v) is 6.03. The number of alkyl halides is 3. The van der Waals surface area contributed by atoms with Gasteiger partial charge in [0.05, 0.1) is 11.9 Å². The Kier molecular flexibility index (Phi) is 7.38. The van der Waals surface area contributed by atoms with Crippen LogP contribution in [0.4, 0.5) is 13.2 Å². The second-order valence-corrected chi connectivity index (χ2v) is 11.0. The van der Waals surface area contributed by atoms with Gasteiger partial charge in [0.2, 0.25) is 0 Å². The van der Waals surface area contributed by atoms with E-state index in [0.29, 0.717) is 24.3 Å². The van der Waals surface area contributed by atoms with E-state index >= 15 is 0 Å². The number of nitrogens with zero attached hydrogens (tertiary/aromatic N) is 2. The van der Waals surface area contributed by atoms with Crippen molar-refractivity contribution in [1.29, 1.82) is 0 Å². The summed E-state index contributed by atoms with van der Waals surface area (Å²) >= 11 is 0. The normalized spacial score (nSPS) is 18.1. The topological polar surface area (TPSA) is 64.0 Å². The molecular weight excluding hydrogens is 475 g/mol. The van der Waals surface area contributed by atoms with Crippen LogP contribution < -0.4 is 4.72 Å². The fourth-order valence-electron chi connectivity index (χ4n) is 5.02. The molecule has 0 fully saturated rings. The van der Waals surface area contributed by atoms with Crippen LogP contribution in [-0.4, -0.2) is 24.5 Å². The van der Waals surface area contributed by atoms with Crippen molar-refractivity contribution in [1.82, 2.24) is 14.3 Å². The molecule has 3 aromatic rings. The van der Waals surface area contributed by atoms with E-state index in [1.807, 2.05) is 6.07 Å². The lowest BCUT2D eigenvalue weighted by Crippen LogP contribution is -2.26. The summed E-state index contributed by atoms with van der Waals surface area (Å²) < 4.78 is 68.7. The number of fused-ring (bicyclic) bond motifs is 1. The first kappa shape index (κ1) is 25.4. The predicted octanol–water partition coefficient (Wildman–Crippen LogP) is 5.26. The molecule has 0 saturated carbocycles. The van der Waals surface area contributed by atoms with Crippen LogP contribution in [0.2, 0.25) is 0 Å². The lowest BCUT2D eigenvalue weighted by Gasteiger charge is -2.21. The van der Waals surface area contributed by atoms with Crippen molar-refractivity contribution in [3.8, 4) is 0 Å². The van der Waals surface area contributed by atoms with E-state index in [4.69, 9.17) is 0 Å². The fraction of sp³-hybridized carbons (Fsp3) is 0.423. The van der Waals surface area contributed by atoms with Crippen molar-refractivity contribution in [3.63, 3.8) is 0 Å². The standard InChI is InChI=1S/C26H30F3N3O2S/c1-3-5-20-15-21-9-8-18(10-11-31-35(33,34)25-16-32(2)17-30-25)13-23(21)24(20)14-19-6-4-7-22(12-19)26(27,28)29/h4,6-9,12-13,16-17,20,24,31H,3,5,10-11,14-15H2,1-2H3.